The molecule has 1 unspecified atom stereocenters. The molecule has 0 N–H and O–H groups in total. The first kappa shape index (κ1) is 28.1. The summed E-state index contributed by atoms with van der Waals surface area (Å²) in [5, 5.41) is 7.34. The van der Waals surface area contributed by atoms with E-state index in [1.54, 1.807) is 23.5 Å². The van der Waals surface area contributed by atoms with Crippen LogP contribution in [0.25, 0.3) is 80.6 Å². The van der Waals surface area contributed by atoms with Crippen molar-refractivity contribution >= 4 is 91.7 Å². The Morgan fingerprint density at radius 3 is 1.98 bits per heavy atom. The van der Waals surface area contributed by atoms with Gasteiger partial charge in [-0.15, -0.1) is 11.3 Å². The van der Waals surface area contributed by atoms with E-state index >= 15 is 0 Å². The van der Waals surface area contributed by atoms with E-state index in [-0.39, 0.29) is 5.78 Å². The third-order valence-corrected chi connectivity index (χ3v) is 13.3. The lowest BCUT2D eigenvalue weighted by Crippen LogP contribution is -2.16. The molecule has 4 heterocycles. The number of aromatic nitrogens is 2. The molecule has 1 aliphatic heterocycles. The van der Waals surface area contributed by atoms with Crippen molar-refractivity contribution in [3.8, 4) is 16.8 Å². The molecule has 3 aromatic heterocycles. The number of rotatable bonds is 2. The van der Waals surface area contributed by atoms with E-state index in [2.05, 4.69) is 113 Å². The molecule has 0 spiro atoms. The topological polar surface area (TPSA) is 44.0 Å². The molecule has 7 aromatic carbocycles. The number of hydrogen-bond donors (Lipinski definition) is 0. The molecule has 10 aromatic rings. The summed E-state index contributed by atoms with van der Waals surface area (Å²) in [5.74, 6) is -0.0745. The zero-order valence-corrected chi connectivity index (χ0v) is 28.4. The van der Waals surface area contributed by atoms with Gasteiger partial charge in [0.05, 0.1) is 42.0 Å². The molecule has 11 rings (SSSR count). The van der Waals surface area contributed by atoms with E-state index < -0.39 is 10.8 Å². The third kappa shape index (κ3) is 3.64. The number of fused-ring (bicyclic) bond motifs is 11. The molecule has 0 saturated heterocycles. The highest BCUT2D eigenvalue weighted by atomic mass is 32.2. The summed E-state index contributed by atoms with van der Waals surface area (Å²) in [6.45, 7) is 0. The van der Waals surface area contributed by atoms with Gasteiger partial charge >= 0.3 is 0 Å². The molecule has 4 nitrogen and oxygen atoms in total. The fourth-order valence-electron chi connectivity index (χ4n) is 8.20. The normalized spacial score (nSPS) is 14.4. The van der Waals surface area contributed by atoms with Crippen molar-refractivity contribution in [3.63, 3.8) is 0 Å². The zero-order chi connectivity index (χ0) is 33.2. The molecule has 0 aliphatic carbocycles. The second kappa shape index (κ2) is 10.1. The van der Waals surface area contributed by atoms with Gasteiger partial charge < -0.3 is 9.13 Å². The molecule has 0 amide bonds. The molecular formula is C44H26N2O2S2. The lowest BCUT2D eigenvalue weighted by Gasteiger charge is -2.18. The Kier molecular flexibility index (Phi) is 5.67. The first-order chi connectivity index (χ1) is 24.6. The second-order valence-electron chi connectivity index (χ2n) is 13.1. The van der Waals surface area contributed by atoms with Gasteiger partial charge in [0.2, 0.25) is 0 Å². The van der Waals surface area contributed by atoms with Gasteiger partial charge in [0.1, 0.15) is 0 Å². The first-order valence-corrected chi connectivity index (χ1v) is 18.6. The minimum atomic E-state index is -1.40. The standard InChI is InChI=1S/C44H26N2O2S2/c1-45-35-16-5-2-10-27(35)32-24-39-33(23-38(32)45)28-11-3-6-17-36(28)46(39)37-18-9-15-30-29-14-8-13-26(43(29)49-44(30)37)25-20-21-41-34(22-25)42(47)31-12-4-7-19-40(31)50(41)48/h2-24H,1H3. The maximum absolute atomic E-state index is 13.7. The van der Waals surface area contributed by atoms with Crippen LogP contribution in [0.15, 0.2) is 149 Å². The van der Waals surface area contributed by atoms with Crippen molar-refractivity contribution in [1.29, 1.82) is 0 Å². The van der Waals surface area contributed by atoms with Crippen molar-refractivity contribution in [3.05, 3.63) is 151 Å². The number of para-hydroxylation sites is 2. The Hall–Kier alpha value is -5.82. The van der Waals surface area contributed by atoms with E-state index in [4.69, 9.17) is 0 Å². The Labute approximate surface area is 292 Å². The van der Waals surface area contributed by atoms with Crippen LogP contribution in [-0.4, -0.2) is 19.1 Å². The minimum absolute atomic E-state index is 0.0745. The number of carbonyl (C=O) groups is 1. The van der Waals surface area contributed by atoms with Crippen molar-refractivity contribution in [2.45, 2.75) is 9.79 Å². The van der Waals surface area contributed by atoms with Crippen molar-refractivity contribution < 1.29 is 9.00 Å². The van der Waals surface area contributed by atoms with Crippen LogP contribution in [0.4, 0.5) is 0 Å². The van der Waals surface area contributed by atoms with Crippen LogP contribution in [0.3, 0.4) is 0 Å². The molecule has 50 heavy (non-hydrogen) atoms. The zero-order valence-electron chi connectivity index (χ0n) is 26.8. The molecule has 236 valence electrons. The average molecular weight is 679 g/mol. The lowest BCUT2D eigenvalue weighted by atomic mass is 9.96. The van der Waals surface area contributed by atoms with Crippen molar-refractivity contribution in [2.75, 3.05) is 0 Å². The molecule has 1 aliphatic rings. The molecule has 0 bridgehead atoms. The van der Waals surface area contributed by atoms with E-state index in [1.807, 2.05) is 30.3 Å². The summed E-state index contributed by atoms with van der Waals surface area (Å²) < 4.78 is 20.6. The van der Waals surface area contributed by atoms with Crippen LogP contribution in [0.5, 0.6) is 0 Å². The first-order valence-electron chi connectivity index (χ1n) is 16.6. The van der Waals surface area contributed by atoms with Crippen LogP contribution in [0.2, 0.25) is 0 Å². The lowest BCUT2D eigenvalue weighted by molar-refractivity contribution is 0.103. The molecule has 0 fully saturated rings. The number of nitrogens with zero attached hydrogens (tertiary/aromatic N) is 2. The SMILES string of the molecule is Cn1c2ccccc2c2cc3c(cc21)c1ccccc1n3-c1cccc2c1sc1c(-c3ccc4c(c3)C(=O)c3ccccc3S4=O)cccc12. The number of ketones is 1. The Bertz CT molecular complexity index is 3160. The number of aryl methyl sites for hydroxylation is 1. The van der Waals surface area contributed by atoms with Gasteiger partial charge in [-0.1, -0.05) is 84.9 Å². The predicted molar refractivity (Wildman–Crippen MR) is 208 cm³/mol. The number of hydrogen-bond acceptors (Lipinski definition) is 3. The minimum Gasteiger partial charge on any atom is -0.344 e. The van der Waals surface area contributed by atoms with Crippen LogP contribution in [0.1, 0.15) is 15.9 Å². The van der Waals surface area contributed by atoms with E-state index in [0.717, 1.165) is 21.5 Å². The average Bonchev–Trinajstić information content (AvgIpc) is 3.80. The Morgan fingerprint density at radius 2 is 1.12 bits per heavy atom. The predicted octanol–water partition coefficient (Wildman–Crippen LogP) is 11.2. The molecule has 0 saturated carbocycles. The largest absolute Gasteiger partial charge is 0.344 e. The summed E-state index contributed by atoms with van der Waals surface area (Å²) in [7, 11) is 0.758. The summed E-state index contributed by atoms with van der Waals surface area (Å²) in [4.78, 5) is 14.8. The highest BCUT2D eigenvalue weighted by Crippen LogP contribution is 2.45. The van der Waals surface area contributed by atoms with Gasteiger partial charge in [0.15, 0.2) is 5.78 Å². The van der Waals surface area contributed by atoms with Crippen LogP contribution < -0.4 is 0 Å². The molecule has 0 radical (unpaired) electrons. The van der Waals surface area contributed by atoms with Gasteiger partial charge in [-0.2, -0.15) is 0 Å². The molecular weight excluding hydrogens is 653 g/mol. The smallest absolute Gasteiger partial charge is 0.195 e. The van der Waals surface area contributed by atoms with Gasteiger partial charge in [-0.3, -0.25) is 4.79 Å². The van der Waals surface area contributed by atoms with E-state index in [9.17, 15) is 9.00 Å². The van der Waals surface area contributed by atoms with Gasteiger partial charge in [0, 0.05) is 66.2 Å². The van der Waals surface area contributed by atoms with Gasteiger partial charge in [-0.05, 0) is 65.7 Å². The quantitative estimate of drug-likeness (QED) is 0.183. The Morgan fingerprint density at radius 1 is 0.500 bits per heavy atom. The van der Waals surface area contributed by atoms with Gasteiger partial charge in [0.25, 0.3) is 0 Å². The summed E-state index contributed by atoms with van der Waals surface area (Å²) in [5.41, 5.74) is 9.00. The van der Waals surface area contributed by atoms with E-state index in [1.165, 1.54) is 59.1 Å². The monoisotopic (exact) mass is 678 g/mol. The fourth-order valence-corrected chi connectivity index (χ4v) is 10.9. The maximum Gasteiger partial charge on any atom is 0.195 e. The van der Waals surface area contributed by atoms with Crippen molar-refractivity contribution in [1.82, 2.24) is 9.13 Å². The summed E-state index contributed by atoms with van der Waals surface area (Å²) in [6, 6.07) is 48.2. The highest BCUT2D eigenvalue weighted by molar-refractivity contribution is 7.85. The summed E-state index contributed by atoms with van der Waals surface area (Å²) >= 11 is 1.79. The molecule has 6 heteroatoms. The Balaban J connectivity index is 1.16. The van der Waals surface area contributed by atoms with E-state index in [0.29, 0.717) is 20.9 Å². The second-order valence-corrected chi connectivity index (χ2v) is 15.5. The number of thiophene rings is 1. The van der Waals surface area contributed by atoms with Crippen molar-refractivity contribution in [2.24, 2.45) is 7.05 Å². The third-order valence-electron chi connectivity index (χ3n) is 10.5. The summed E-state index contributed by atoms with van der Waals surface area (Å²) in [6.07, 6.45) is 0. The number of carbonyl (C=O) groups excluding carboxylic acids is 1. The van der Waals surface area contributed by atoms with Crippen LogP contribution in [0, 0.1) is 0 Å². The number of benzene rings is 7. The molecule has 1 atom stereocenters. The maximum atomic E-state index is 13.7. The van der Waals surface area contributed by atoms with Gasteiger partial charge in [-0.25, -0.2) is 4.21 Å². The fraction of sp³-hybridized carbons (Fsp3) is 0.0227. The van der Waals surface area contributed by atoms with Crippen LogP contribution in [-0.2, 0) is 17.8 Å². The highest BCUT2D eigenvalue weighted by Gasteiger charge is 2.29. The van der Waals surface area contributed by atoms with Crippen LogP contribution >= 0.6 is 11.3 Å².